The molecule has 0 spiro atoms. The molecule has 1 unspecified atom stereocenters. The van der Waals surface area contributed by atoms with Gasteiger partial charge >= 0.3 is 0 Å². The van der Waals surface area contributed by atoms with Crippen molar-refractivity contribution in [2.45, 2.75) is 61.6 Å². The molecule has 0 bridgehead atoms. The van der Waals surface area contributed by atoms with Gasteiger partial charge in [0.1, 0.15) is 5.25 Å². The third kappa shape index (κ3) is 5.90. The molecule has 2 aliphatic rings. The van der Waals surface area contributed by atoms with Crippen LogP contribution in [0.3, 0.4) is 0 Å². The molecule has 4 rings (SSSR count). The van der Waals surface area contributed by atoms with Gasteiger partial charge in [0.25, 0.3) is 10.0 Å². The zero-order chi connectivity index (χ0) is 24.3. The monoisotopic (exact) mass is 563 g/mol. The van der Waals surface area contributed by atoms with Gasteiger partial charge in [0, 0.05) is 22.6 Å². The van der Waals surface area contributed by atoms with E-state index in [0.29, 0.717) is 5.69 Å². The van der Waals surface area contributed by atoms with E-state index in [2.05, 4.69) is 25.6 Å². The van der Waals surface area contributed by atoms with Crippen molar-refractivity contribution in [3.8, 4) is 0 Å². The third-order valence-corrected chi connectivity index (χ3v) is 9.00. The summed E-state index contributed by atoms with van der Waals surface area (Å²) in [6.07, 6.45) is 4.59. The fraction of sp³-hybridized carbons (Fsp3) is 0.375. The smallest absolute Gasteiger partial charge is 0.284 e. The molecule has 1 heterocycles. The number of carbonyl (C=O) groups is 2. The van der Waals surface area contributed by atoms with Gasteiger partial charge < -0.3 is 5.32 Å². The van der Waals surface area contributed by atoms with E-state index >= 15 is 0 Å². The Kier molecular flexibility index (Phi) is 7.79. The third-order valence-electron chi connectivity index (χ3n) is 5.92. The molecule has 2 fully saturated rings. The van der Waals surface area contributed by atoms with Gasteiger partial charge in [-0.2, -0.15) is 8.42 Å². The lowest BCUT2D eigenvalue weighted by atomic mass is 9.94. The Bertz CT molecular complexity index is 1190. The van der Waals surface area contributed by atoms with E-state index in [4.69, 9.17) is 0 Å². The Morgan fingerprint density at radius 2 is 1.74 bits per heavy atom. The summed E-state index contributed by atoms with van der Waals surface area (Å²) >= 11 is 4.37. The van der Waals surface area contributed by atoms with E-state index in [1.165, 1.54) is 17.0 Å². The molecule has 1 saturated heterocycles. The van der Waals surface area contributed by atoms with Crippen LogP contribution in [0.5, 0.6) is 0 Å². The number of nitrogens with one attached hydrogen (secondary N) is 1. The molecule has 0 aromatic heterocycles. The number of benzene rings is 2. The van der Waals surface area contributed by atoms with Gasteiger partial charge in [-0.1, -0.05) is 64.7 Å². The summed E-state index contributed by atoms with van der Waals surface area (Å²) in [6, 6.07) is 13.5. The lowest BCUT2D eigenvalue weighted by Gasteiger charge is -2.30. The van der Waals surface area contributed by atoms with Crippen molar-refractivity contribution < 1.29 is 18.0 Å². The molecule has 1 aliphatic heterocycles. The van der Waals surface area contributed by atoms with Crippen LogP contribution in [0.4, 0.5) is 5.69 Å². The lowest BCUT2D eigenvalue weighted by molar-refractivity contribution is -0.130. The molecular formula is C24H26BrN3O4S2. The predicted molar refractivity (Wildman–Crippen MR) is 138 cm³/mol. The van der Waals surface area contributed by atoms with Crippen molar-refractivity contribution in [3.63, 3.8) is 0 Å². The minimum absolute atomic E-state index is 0.0559. The highest BCUT2D eigenvalue weighted by molar-refractivity contribution is 9.10. The number of carbonyl (C=O) groups excluding carboxylic acids is 2. The summed E-state index contributed by atoms with van der Waals surface area (Å²) in [6.45, 7) is 1.96. The van der Waals surface area contributed by atoms with Crippen LogP contribution in [0.1, 0.15) is 44.1 Å². The number of anilines is 1. The second-order valence-electron chi connectivity index (χ2n) is 8.53. The topological polar surface area (TPSA) is 95.9 Å². The molecule has 1 saturated carbocycles. The summed E-state index contributed by atoms with van der Waals surface area (Å²) in [5, 5.41) is 2.26. The van der Waals surface area contributed by atoms with Crippen molar-refractivity contribution in [2.24, 2.45) is 4.40 Å². The average Bonchev–Trinajstić information content (AvgIpc) is 3.10. The SMILES string of the molecule is Cc1ccc(NC(=O)CC2S/C(=N/S(=O)(=O)c3ccc(Br)cc3)N(C3CCCCC3)C2=O)cc1. The number of sulfonamides is 1. The normalized spacial score (nSPS) is 20.6. The molecule has 0 radical (unpaired) electrons. The van der Waals surface area contributed by atoms with Crippen LogP contribution in [-0.2, 0) is 19.6 Å². The summed E-state index contributed by atoms with van der Waals surface area (Å²) < 4.78 is 30.8. The average molecular weight is 565 g/mol. The van der Waals surface area contributed by atoms with Gasteiger partial charge in [-0.25, -0.2) is 0 Å². The second kappa shape index (κ2) is 10.6. The zero-order valence-electron chi connectivity index (χ0n) is 18.7. The van der Waals surface area contributed by atoms with Crippen LogP contribution in [0, 0.1) is 6.92 Å². The second-order valence-corrected chi connectivity index (χ2v) is 12.2. The van der Waals surface area contributed by atoms with Crippen molar-refractivity contribution in [1.29, 1.82) is 0 Å². The first kappa shape index (κ1) is 24.9. The summed E-state index contributed by atoms with van der Waals surface area (Å²) in [5.74, 6) is -0.545. The molecule has 7 nitrogen and oxygen atoms in total. The summed E-state index contributed by atoms with van der Waals surface area (Å²) in [5.41, 5.74) is 1.73. The van der Waals surface area contributed by atoms with Crippen LogP contribution >= 0.6 is 27.7 Å². The van der Waals surface area contributed by atoms with Gasteiger partial charge in [-0.3, -0.25) is 14.5 Å². The van der Waals surface area contributed by atoms with Crippen molar-refractivity contribution >= 4 is 60.4 Å². The highest BCUT2D eigenvalue weighted by atomic mass is 79.9. The minimum Gasteiger partial charge on any atom is -0.326 e. The molecule has 34 heavy (non-hydrogen) atoms. The number of aryl methyl sites for hydroxylation is 1. The van der Waals surface area contributed by atoms with Crippen molar-refractivity contribution in [3.05, 3.63) is 58.6 Å². The van der Waals surface area contributed by atoms with Gasteiger partial charge in [0.05, 0.1) is 4.90 Å². The maximum absolute atomic E-state index is 13.4. The van der Waals surface area contributed by atoms with Crippen molar-refractivity contribution in [1.82, 2.24) is 4.90 Å². The van der Waals surface area contributed by atoms with Crippen LogP contribution < -0.4 is 5.32 Å². The highest BCUT2D eigenvalue weighted by Gasteiger charge is 2.43. The van der Waals surface area contributed by atoms with Crippen LogP contribution in [0.2, 0.25) is 0 Å². The van der Waals surface area contributed by atoms with Crippen LogP contribution in [0.15, 0.2) is 62.3 Å². The first-order valence-corrected chi connectivity index (χ1v) is 14.3. The quantitative estimate of drug-likeness (QED) is 0.527. The molecule has 1 aliphatic carbocycles. The fourth-order valence-corrected chi connectivity index (χ4v) is 6.80. The number of thioether (sulfide) groups is 1. The molecule has 2 aromatic rings. The van der Waals surface area contributed by atoms with E-state index in [1.54, 1.807) is 12.1 Å². The van der Waals surface area contributed by atoms with Gasteiger partial charge in [0.2, 0.25) is 11.8 Å². The summed E-state index contributed by atoms with van der Waals surface area (Å²) in [4.78, 5) is 27.6. The highest BCUT2D eigenvalue weighted by Crippen LogP contribution is 2.36. The number of halogens is 1. The van der Waals surface area contributed by atoms with E-state index in [9.17, 15) is 18.0 Å². The molecule has 1 atom stereocenters. The van der Waals surface area contributed by atoms with Gasteiger partial charge in [-0.15, -0.1) is 4.40 Å². The molecule has 2 aromatic carbocycles. The standard InChI is InChI=1S/C24H26BrN3O4S2/c1-16-7-11-18(12-8-16)26-22(29)15-21-23(30)28(19-5-3-2-4-6-19)24(33-21)27-34(31,32)20-13-9-17(25)10-14-20/h7-14,19,21H,2-6,15H2,1H3,(H,26,29)/b27-24+. The maximum atomic E-state index is 13.4. The largest absolute Gasteiger partial charge is 0.326 e. The Morgan fingerprint density at radius 1 is 1.09 bits per heavy atom. The molecule has 10 heteroatoms. The molecule has 2 amide bonds. The Labute approximate surface area is 212 Å². The minimum atomic E-state index is -4.01. The fourth-order valence-electron chi connectivity index (χ4n) is 4.13. The zero-order valence-corrected chi connectivity index (χ0v) is 22.0. The number of hydrogen-bond acceptors (Lipinski definition) is 5. The van der Waals surface area contributed by atoms with E-state index in [0.717, 1.165) is 53.9 Å². The number of rotatable bonds is 6. The number of amidine groups is 1. The van der Waals surface area contributed by atoms with Gasteiger partial charge in [0.15, 0.2) is 5.17 Å². The van der Waals surface area contributed by atoms with Crippen LogP contribution in [-0.4, -0.2) is 41.6 Å². The Morgan fingerprint density at radius 3 is 2.38 bits per heavy atom. The molecular weight excluding hydrogens is 538 g/mol. The van der Waals surface area contributed by atoms with E-state index < -0.39 is 15.3 Å². The summed E-state index contributed by atoms with van der Waals surface area (Å²) in [7, 11) is -4.01. The van der Waals surface area contributed by atoms with E-state index in [-0.39, 0.29) is 34.3 Å². The first-order valence-electron chi connectivity index (χ1n) is 11.2. The number of nitrogens with zero attached hydrogens (tertiary/aromatic N) is 2. The van der Waals surface area contributed by atoms with E-state index in [1.807, 2.05) is 31.2 Å². The van der Waals surface area contributed by atoms with Gasteiger partial charge in [-0.05, 0) is 56.2 Å². The predicted octanol–water partition coefficient (Wildman–Crippen LogP) is 5.11. The number of hydrogen-bond donors (Lipinski definition) is 1. The Hall–Kier alpha value is -2.17. The van der Waals surface area contributed by atoms with Crippen LogP contribution in [0.25, 0.3) is 0 Å². The molecule has 180 valence electrons. The van der Waals surface area contributed by atoms with Crippen molar-refractivity contribution in [2.75, 3.05) is 5.32 Å². The lowest BCUT2D eigenvalue weighted by Crippen LogP contribution is -2.42. The first-order chi connectivity index (χ1) is 16.2. The Balaban J connectivity index is 1.57. The maximum Gasteiger partial charge on any atom is 0.284 e. The molecule has 1 N–H and O–H groups in total. The number of amides is 2.